The van der Waals surface area contributed by atoms with Gasteiger partial charge >= 0.3 is 0 Å². The van der Waals surface area contributed by atoms with Crippen molar-refractivity contribution in [2.45, 2.75) is 13.5 Å². The van der Waals surface area contributed by atoms with Gasteiger partial charge in [0.2, 0.25) is 0 Å². The topological polar surface area (TPSA) is 55.0 Å². The van der Waals surface area contributed by atoms with Gasteiger partial charge in [-0.1, -0.05) is 6.07 Å². The number of nitrogens with two attached hydrogens (primary N) is 1. The Balaban J connectivity index is 2.26. The fraction of sp³-hybridized carbons (Fsp3) is 0.273. The SMILES string of the molecule is CCN(Cc1cccs1)c1ncnc(N)c1Br. The molecule has 0 atom stereocenters. The molecule has 4 nitrogen and oxygen atoms in total. The van der Waals surface area contributed by atoms with Crippen molar-refractivity contribution >= 4 is 38.9 Å². The van der Waals surface area contributed by atoms with Crippen LogP contribution in [0.25, 0.3) is 0 Å². The number of rotatable bonds is 4. The summed E-state index contributed by atoms with van der Waals surface area (Å²) < 4.78 is 0.762. The maximum absolute atomic E-state index is 5.76. The van der Waals surface area contributed by atoms with Crippen LogP contribution in [0.2, 0.25) is 0 Å². The monoisotopic (exact) mass is 312 g/mol. The Bertz CT molecular complexity index is 486. The van der Waals surface area contributed by atoms with E-state index in [0.717, 1.165) is 23.4 Å². The second kappa shape index (κ2) is 5.46. The lowest BCUT2D eigenvalue weighted by Crippen LogP contribution is -2.23. The zero-order valence-electron chi connectivity index (χ0n) is 9.43. The van der Waals surface area contributed by atoms with Crippen LogP contribution in [0.5, 0.6) is 0 Å². The van der Waals surface area contributed by atoms with E-state index in [2.05, 4.69) is 55.2 Å². The van der Waals surface area contributed by atoms with Crippen molar-refractivity contribution in [1.82, 2.24) is 9.97 Å². The van der Waals surface area contributed by atoms with Crippen LogP contribution in [-0.4, -0.2) is 16.5 Å². The van der Waals surface area contributed by atoms with Crippen LogP contribution in [0.4, 0.5) is 11.6 Å². The quantitative estimate of drug-likeness (QED) is 0.943. The van der Waals surface area contributed by atoms with Crippen molar-refractivity contribution in [3.05, 3.63) is 33.2 Å². The summed E-state index contributed by atoms with van der Waals surface area (Å²) in [7, 11) is 0. The van der Waals surface area contributed by atoms with Gasteiger partial charge in [-0.25, -0.2) is 9.97 Å². The van der Waals surface area contributed by atoms with Gasteiger partial charge in [0.1, 0.15) is 22.4 Å². The van der Waals surface area contributed by atoms with Crippen molar-refractivity contribution in [3.63, 3.8) is 0 Å². The fourth-order valence-electron chi connectivity index (χ4n) is 1.52. The van der Waals surface area contributed by atoms with Crippen LogP contribution in [0.15, 0.2) is 28.3 Å². The summed E-state index contributed by atoms with van der Waals surface area (Å²) in [6.45, 7) is 3.80. The highest BCUT2D eigenvalue weighted by Crippen LogP contribution is 2.28. The molecule has 0 aromatic carbocycles. The molecule has 0 amide bonds. The molecule has 0 unspecified atom stereocenters. The highest BCUT2D eigenvalue weighted by molar-refractivity contribution is 9.10. The molecule has 0 aliphatic heterocycles. The zero-order valence-corrected chi connectivity index (χ0v) is 11.8. The van der Waals surface area contributed by atoms with Crippen LogP contribution in [0.3, 0.4) is 0 Å². The largest absolute Gasteiger partial charge is 0.383 e. The van der Waals surface area contributed by atoms with Crippen LogP contribution in [0.1, 0.15) is 11.8 Å². The zero-order chi connectivity index (χ0) is 12.3. The third-order valence-electron chi connectivity index (χ3n) is 2.41. The van der Waals surface area contributed by atoms with Gasteiger partial charge in [-0.05, 0) is 34.3 Å². The molecule has 2 N–H and O–H groups in total. The van der Waals surface area contributed by atoms with Gasteiger partial charge < -0.3 is 10.6 Å². The molecule has 0 aliphatic carbocycles. The Labute approximate surface area is 113 Å². The molecular weight excluding hydrogens is 300 g/mol. The van der Waals surface area contributed by atoms with Gasteiger partial charge in [0.25, 0.3) is 0 Å². The van der Waals surface area contributed by atoms with Crippen molar-refractivity contribution in [1.29, 1.82) is 0 Å². The average Bonchev–Trinajstić information content (AvgIpc) is 2.83. The Hall–Kier alpha value is -1.14. The molecule has 0 fully saturated rings. The Morgan fingerprint density at radius 2 is 2.29 bits per heavy atom. The fourth-order valence-corrected chi connectivity index (χ4v) is 2.70. The van der Waals surface area contributed by atoms with Gasteiger partial charge in [-0.3, -0.25) is 0 Å². The highest BCUT2D eigenvalue weighted by atomic mass is 79.9. The van der Waals surface area contributed by atoms with E-state index in [-0.39, 0.29) is 0 Å². The molecule has 0 saturated heterocycles. The number of thiophene rings is 1. The summed E-state index contributed by atoms with van der Waals surface area (Å²) in [6, 6.07) is 4.17. The predicted molar refractivity (Wildman–Crippen MR) is 75.2 cm³/mol. The second-order valence-electron chi connectivity index (χ2n) is 3.49. The van der Waals surface area contributed by atoms with E-state index in [1.807, 2.05) is 0 Å². The van der Waals surface area contributed by atoms with Gasteiger partial charge in [0, 0.05) is 11.4 Å². The molecule has 0 spiro atoms. The summed E-state index contributed by atoms with van der Waals surface area (Å²) in [5.74, 6) is 1.31. The van der Waals surface area contributed by atoms with Crippen LogP contribution in [-0.2, 0) is 6.54 Å². The molecule has 0 aliphatic rings. The summed E-state index contributed by atoms with van der Waals surface area (Å²) in [4.78, 5) is 11.7. The number of hydrogen-bond donors (Lipinski definition) is 1. The number of halogens is 1. The number of nitrogens with zero attached hydrogens (tertiary/aromatic N) is 3. The first-order valence-electron chi connectivity index (χ1n) is 5.25. The lowest BCUT2D eigenvalue weighted by Gasteiger charge is -2.22. The predicted octanol–water partition coefficient (Wildman–Crippen LogP) is 2.91. The van der Waals surface area contributed by atoms with E-state index in [9.17, 15) is 0 Å². The molecule has 90 valence electrons. The molecule has 2 heterocycles. The van der Waals surface area contributed by atoms with Gasteiger partial charge in [-0.2, -0.15) is 0 Å². The van der Waals surface area contributed by atoms with E-state index >= 15 is 0 Å². The van der Waals surface area contributed by atoms with Crippen LogP contribution in [0, 0.1) is 0 Å². The molecule has 2 aromatic heterocycles. The highest BCUT2D eigenvalue weighted by Gasteiger charge is 2.13. The number of nitrogen functional groups attached to an aromatic ring is 1. The Morgan fingerprint density at radius 3 is 2.94 bits per heavy atom. The Kier molecular flexibility index (Phi) is 3.96. The van der Waals surface area contributed by atoms with Crippen LogP contribution < -0.4 is 10.6 Å². The maximum atomic E-state index is 5.76. The van der Waals surface area contributed by atoms with E-state index in [1.54, 1.807) is 11.3 Å². The average molecular weight is 313 g/mol. The lowest BCUT2D eigenvalue weighted by molar-refractivity contribution is 0.816. The first-order valence-corrected chi connectivity index (χ1v) is 6.93. The minimum absolute atomic E-state index is 0.472. The first kappa shape index (κ1) is 12.3. The van der Waals surface area contributed by atoms with Gasteiger partial charge in [0.15, 0.2) is 0 Å². The lowest BCUT2D eigenvalue weighted by atomic mass is 10.4. The molecule has 6 heteroatoms. The smallest absolute Gasteiger partial charge is 0.148 e. The van der Waals surface area contributed by atoms with Crippen molar-refractivity contribution in [3.8, 4) is 0 Å². The van der Waals surface area contributed by atoms with E-state index in [4.69, 9.17) is 5.73 Å². The normalized spacial score (nSPS) is 10.5. The summed E-state index contributed by atoms with van der Waals surface area (Å²) >= 11 is 5.18. The summed E-state index contributed by atoms with van der Waals surface area (Å²) in [6.07, 6.45) is 1.49. The standard InChI is InChI=1S/C11H13BrN4S/c1-2-16(6-8-4-3-5-17-8)11-9(12)10(13)14-7-15-11/h3-5,7H,2,6H2,1H3,(H2,13,14,15). The first-order chi connectivity index (χ1) is 8.22. The van der Waals surface area contributed by atoms with Crippen molar-refractivity contribution in [2.24, 2.45) is 0 Å². The van der Waals surface area contributed by atoms with E-state index in [1.165, 1.54) is 11.2 Å². The second-order valence-corrected chi connectivity index (χ2v) is 5.32. The van der Waals surface area contributed by atoms with Crippen molar-refractivity contribution in [2.75, 3.05) is 17.2 Å². The minimum Gasteiger partial charge on any atom is -0.383 e. The summed E-state index contributed by atoms with van der Waals surface area (Å²) in [5.41, 5.74) is 5.76. The molecule has 0 radical (unpaired) electrons. The molecule has 2 rings (SSSR count). The number of hydrogen-bond acceptors (Lipinski definition) is 5. The minimum atomic E-state index is 0.472. The maximum Gasteiger partial charge on any atom is 0.148 e. The van der Waals surface area contributed by atoms with Gasteiger partial charge in [-0.15, -0.1) is 11.3 Å². The van der Waals surface area contributed by atoms with Crippen LogP contribution >= 0.6 is 27.3 Å². The molecule has 0 bridgehead atoms. The number of aromatic nitrogens is 2. The van der Waals surface area contributed by atoms with E-state index in [0.29, 0.717) is 5.82 Å². The third-order valence-corrected chi connectivity index (χ3v) is 4.03. The molecule has 2 aromatic rings. The Morgan fingerprint density at radius 1 is 1.47 bits per heavy atom. The van der Waals surface area contributed by atoms with Gasteiger partial charge in [0.05, 0.1) is 6.54 Å². The molecule has 17 heavy (non-hydrogen) atoms. The van der Waals surface area contributed by atoms with E-state index < -0.39 is 0 Å². The molecule has 0 saturated carbocycles. The third kappa shape index (κ3) is 2.76. The summed E-state index contributed by atoms with van der Waals surface area (Å²) in [5, 5.41) is 2.08. The molecular formula is C11H13BrN4S. The van der Waals surface area contributed by atoms with Crippen molar-refractivity contribution < 1.29 is 0 Å². The number of anilines is 2.